The number of nitrogens with zero attached hydrogens (tertiary/aromatic N) is 1. The molecule has 2 unspecified atom stereocenters. The zero-order chi connectivity index (χ0) is 15.4. The average molecular weight is 291 g/mol. The molecule has 1 amide bonds. The highest BCUT2D eigenvalue weighted by Crippen LogP contribution is 2.26. The molecule has 2 N–H and O–H groups in total. The van der Waals surface area contributed by atoms with Crippen molar-refractivity contribution in [2.75, 3.05) is 6.54 Å². The number of aryl methyl sites for hydroxylation is 1. The zero-order valence-corrected chi connectivity index (χ0v) is 12.9. The summed E-state index contributed by atoms with van der Waals surface area (Å²) in [6.45, 7) is 4.37. The Morgan fingerprint density at radius 3 is 2.86 bits per heavy atom. The molecule has 0 aliphatic carbocycles. The lowest BCUT2D eigenvalue weighted by atomic mass is 10.0. The van der Waals surface area contributed by atoms with E-state index in [2.05, 4.69) is 0 Å². The van der Waals surface area contributed by atoms with Crippen molar-refractivity contribution in [3.63, 3.8) is 0 Å². The lowest BCUT2D eigenvalue weighted by Crippen LogP contribution is -2.41. The molecule has 0 radical (unpaired) electrons. The van der Waals surface area contributed by atoms with Crippen molar-refractivity contribution >= 4 is 5.91 Å². The van der Waals surface area contributed by atoms with Crippen LogP contribution >= 0.6 is 0 Å². The molecule has 2 atom stereocenters. The van der Waals surface area contributed by atoms with Crippen LogP contribution in [0.2, 0.25) is 0 Å². The van der Waals surface area contributed by atoms with Gasteiger partial charge in [-0.3, -0.25) is 4.79 Å². The number of phenolic OH excluding ortho intramolecular Hbond substituents is 1. The van der Waals surface area contributed by atoms with Crippen LogP contribution in [0, 0.1) is 6.92 Å². The van der Waals surface area contributed by atoms with Gasteiger partial charge in [-0.05, 0) is 45.2 Å². The predicted octanol–water partition coefficient (Wildman–Crippen LogP) is 2.86. The van der Waals surface area contributed by atoms with Gasteiger partial charge < -0.3 is 15.1 Å². The zero-order valence-electron chi connectivity index (χ0n) is 12.9. The summed E-state index contributed by atoms with van der Waals surface area (Å²) in [6, 6.07) is 5.16. The van der Waals surface area contributed by atoms with Gasteiger partial charge >= 0.3 is 0 Å². The predicted molar refractivity (Wildman–Crippen MR) is 82.4 cm³/mol. The van der Waals surface area contributed by atoms with Crippen LogP contribution in [0.3, 0.4) is 0 Å². The molecular weight excluding hydrogens is 266 g/mol. The van der Waals surface area contributed by atoms with E-state index in [1.54, 1.807) is 25.1 Å². The van der Waals surface area contributed by atoms with Gasteiger partial charge in [-0.15, -0.1) is 0 Å². The van der Waals surface area contributed by atoms with E-state index in [0.29, 0.717) is 18.5 Å². The molecule has 21 heavy (non-hydrogen) atoms. The third-order valence-corrected chi connectivity index (χ3v) is 4.13. The molecule has 1 aromatic carbocycles. The second-order valence-corrected chi connectivity index (χ2v) is 6.11. The maximum atomic E-state index is 12.8. The molecule has 116 valence electrons. The largest absolute Gasteiger partial charge is 0.507 e. The number of phenols is 1. The number of benzene rings is 1. The summed E-state index contributed by atoms with van der Waals surface area (Å²) in [7, 11) is 0. The van der Waals surface area contributed by atoms with E-state index in [4.69, 9.17) is 0 Å². The Morgan fingerprint density at radius 2 is 2.14 bits per heavy atom. The number of hydrogen-bond acceptors (Lipinski definition) is 3. The van der Waals surface area contributed by atoms with Crippen LogP contribution in [-0.4, -0.2) is 39.7 Å². The topological polar surface area (TPSA) is 60.8 Å². The van der Waals surface area contributed by atoms with Crippen LogP contribution in [-0.2, 0) is 0 Å². The van der Waals surface area contributed by atoms with Crippen LogP contribution in [0.5, 0.6) is 5.75 Å². The highest BCUT2D eigenvalue weighted by Gasteiger charge is 2.28. The summed E-state index contributed by atoms with van der Waals surface area (Å²) < 4.78 is 0. The van der Waals surface area contributed by atoms with Crippen molar-refractivity contribution in [1.29, 1.82) is 0 Å². The summed E-state index contributed by atoms with van der Waals surface area (Å²) >= 11 is 0. The molecule has 1 aromatic rings. The number of carbonyl (C=O) groups is 1. The van der Waals surface area contributed by atoms with Crippen molar-refractivity contribution < 1.29 is 15.0 Å². The quantitative estimate of drug-likeness (QED) is 0.900. The molecule has 1 aliphatic heterocycles. The van der Waals surface area contributed by atoms with Gasteiger partial charge in [0.1, 0.15) is 5.75 Å². The molecule has 1 aliphatic rings. The van der Waals surface area contributed by atoms with E-state index in [0.717, 1.165) is 31.2 Å². The number of aliphatic hydroxyl groups is 1. The van der Waals surface area contributed by atoms with Gasteiger partial charge in [-0.25, -0.2) is 0 Å². The second-order valence-electron chi connectivity index (χ2n) is 6.11. The van der Waals surface area contributed by atoms with Crippen LogP contribution in [0.4, 0.5) is 0 Å². The van der Waals surface area contributed by atoms with Gasteiger partial charge in [0.15, 0.2) is 0 Å². The first kappa shape index (κ1) is 15.8. The summed E-state index contributed by atoms with van der Waals surface area (Å²) in [6.07, 6.45) is 4.27. The van der Waals surface area contributed by atoms with Gasteiger partial charge in [-0.1, -0.05) is 24.5 Å². The van der Waals surface area contributed by atoms with E-state index in [1.165, 1.54) is 0 Å². The Labute approximate surface area is 126 Å². The van der Waals surface area contributed by atoms with E-state index in [9.17, 15) is 15.0 Å². The summed E-state index contributed by atoms with van der Waals surface area (Å²) in [5, 5.41) is 19.7. The number of likely N-dealkylation sites (tertiary alicyclic amines) is 1. The Hall–Kier alpha value is -1.55. The Morgan fingerprint density at radius 1 is 1.38 bits per heavy atom. The van der Waals surface area contributed by atoms with E-state index in [-0.39, 0.29) is 17.7 Å². The number of carbonyl (C=O) groups excluding carboxylic acids is 1. The highest BCUT2D eigenvalue weighted by molar-refractivity contribution is 5.97. The highest BCUT2D eigenvalue weighted by atomic mass is 16.3. The van der Waals surface area contributed by atoms with Crippen molar-refractivity contribution in [3.05, 3.63) is 29.3 Å². The number of hydrogen-bond donors (Lipinski definition) is 2. The molecule has 0 aromatic heterocycles. The molecule has 0 saturated carbocycles. The van der Waals surface area contributed by atoms with Gasteiger partial charge in [0.05, 0.1) is 11.7 Å². The van der Waals surface area contributed by atoms with Crippen molar-refractivity contribution in [1.82, 2.24) is 4.90 Å². The van der Waals surface area contributed by atoms with Crippen LogP contribution < -0.4 is 0 Å². The van der Waals surface area contributed by atoms with Crippen molar-refractivity contribution in [2.45, 2.75) is 58.1 Å². The minimum atomic E-state index is -0.422. The molecule has 0 spiro atoms. The lowest BCUT2D eigenvalue weighted by Gasteiger charge is -2.31. The molecule has 0 bridgehead atoms. The molecule has 2 rings (SSSR count). The SMILES string of the molecule is Cc1ccc(O)c(C(=O)N2CCCCCC2CC(C)O)c1. The lowest BCUT2D eigenvalue weighted by molar-refractivity contribution is 0.0604. The maximum absolute atomic E-state index is 12.8. The first-order valence-corrected chi connectivity index (χ1v) is 7.77. The van der Waals surface area contributed by atoms with E-state index < -0.39 is 6.10 Å². The van der Waals surface area contributed by atoms with Gasteiger partial charge in [0, 0.05) is 12.6 Å². The first-order valence-electron chi connectivity index (χ1n) is 7.77. The number of amides is 1. The van der Waals surface area contributed by atoms with Crippen molar-refractivity contribution in [2.24, 2.45) is 0 Å². The van der Waals surface area contributed by atoms with Gasteiger partial charge in [-0.2, -0.15) is 0 Å². The first-order chi connectivity index (χ1) is 9.99. The third kappa shape index (κ3) is 3.97. The Bertz CT molecular complexity index is 499. The Kier molecular flexibility index (Phi) is 5.23. The second kappa shape index (κ2) is 6.94. The number of rotatable bonds is 3. The Balaban J connectivity index is 2.26. The third-order valence-electron chi connectivity index (χ3n) is 4.13. The van der Waals surface area contributed by atoms with Crippen LogP contribution in [0.25, 0.3) is 0 Å². The fourth-order valence-corrected chi connectivity index (χ4v) is 3.06. The summed E-state index contributed by atoms with van der Waals surface area (Å²) in [4.78, 5) is 14.6. The molecule has 4 nitrogen and oxygen atoms in total. The molecule has 1 saturated heterocycles. The van der Waals surface area contributed by atoms with E-state index in [1.807, 2.05) is 11.8 Å². The standard InChI is InChI=1S/C17H25NO3/c1-12-7-8-16(20)15(10-12)17(21)18-9-5-3-4-6-14(18)11-13(2)19/h7-8,10,13-14,19-20H,3-6,9,11H2,1-2H3. The van der Waals surface area contributed by atoms with Gasteiger partial charge in [0.25, 0.3) is 5.91 Å². The summed E-state index contributed by atoms with van der Waals surface area (Å²) in [5.74, 6) is -0.0885. The molecule has 1 fully saturated rings. The van der Waals surface area contributed by atoms with Crippen molar-refractivity contribution in [3.8, 4) is 5.75 Å². The maximum Gasteiger partial charge on any atom is 0.257 e. The summed E-state index contributed by atoms with van der Waals surface area (Å²) in [5.41, 5.74) is 1.32. The average Bonchev–Trinajstić information content (AvgIpc) is 2.65. The van der Waals surface area contributed by atoms with Crippen LogP contribution in [0.15, 0.2) is 18.2 Å². The fourth-order valence-electron chi connectivity index (χ4n) is 3.06. The molecule has 1 heterocycles. The van der Waals surface area contributed by atoms with E-state index >= 15 is 0 Å². The fraction of sp³-hybridized carbons (Fsp3) is 0.588. The minimum absolute atomic E-state index is 0.0330. The van der Waals surface area contributed by atoms with Gasteiger partial charge in [0.2, 0.25) is 0 Å². The monoisotopic (exact) mass is 291 g/mol. The molecular formula is C17H25NO3. The molecule has 4 heteroatoms. The number of aliphatic hydroxyl groups excluding tert-OH is 1. The smallest absolute Gasteiger partial charge is 0.257 e. The number of aromatic hydroxyl groups is 1. The minimum Gasteiger partial charge on any atom is -0.507 e. The normalized spacial score (nSPS) is 20.9. The van der Waals surface area contributed by atoms with Crippen LogP contribution in [0.1, 0.15) is 54.9 Å².